The second-order valence-corrected chi connectivity index (χ2v) is 4.51. The highest BCUT2D eigenvalue weighted by molar-refractivity contribution is 7.43. The Hall–Kier alpha value is -0.380. The Bertz CT molecular complexity index is 461. The van der Waals surface area contributed by atoms with Gasteiger partial charge in [-0.3, -0.25) is 4.57 Å². The van der Waals surface area contributed by atoms with E-state index in [-0.39, 0.29) is 10.7 Å². The van der Waals surface area contributed by atoms with Crippen LogP contribution in [0.15, 0.2) is 12.1 Å². The molecule has 0 bridgehead atoms. The van der Waals surface area contributed by atoms with Gasteiger partial charge in [0.1, 0.15) is 5.02 Å². The van der Waals surface area contributed by atoms with Gasteiger partial charge in [0.15, 0.2) is 4.98 Å². The molecule has 16 heavy (non-hydrogen) atoms. The predicted molar refractivity (Wildman–Crippen MR) is 58.3 cm³/mol. The second kappa shape index (κ2) is 6.38. The summed E-state index contributed by atoms with van der Waals surface area (Å²) in [6, 6.07) is 2.80. The quantitative estimate of drug-likeness (QED) is 0.435. The standard InChI is InChI=1S/C6H2Cl3N2.H3O4P/c7-3-1-5(9)6(11-10)2-4(3)8;1-5(2,3)4/h1-2H;(H3,1,2,3,4)/q+1;/p-1. The maximum Gasteiger partial charge on any atom is 0.404 e. The third-order valence-electron chi connectivity index (χ3n) is 1.10. The molecule has 0 aliphatic rings. The zero-order valence-electron chi connectivity index (χ0n) is 7.34. The van der Waals surface area contributed by atoms with Gasteiger partial charge in [0.05, 0.1) is 16.1 Å². The van der Waals surface area contributed by atoms with Crippen LogP contribution in [0.25, 0.3) is 4.98 Å². The monoisotopic (exact) mass is 304 g/mol. The van der Waals surface area contributed by atoms with Crippen LogP contribution in [0, 0.1) is 5.39 Å². The number of benzene rings is 1. The average molecular weight is 305 g/mol. The fourth-order valence-corrected chi connectivity index (χ4v) is 1.17. The molecule has 0 aliphatic heterocycles. The van der Waals surface area contributed by atoms with Crippen LogP contribution in [0.2, 0.25) is 15.1 Å². The molecule has 0 aromatic heterocycles. The molecule has 88 valence electrons. The summed E-state index contributed by atoms with van der Waals surface area (Å²) in [6.07, 6.45) is 0. The zero-order chi connectivity index (χ0) is 12.9. The minimum Gasteiger partial charge on any atom is -0.756 e. The Balaban J connectivity index is 0.000000385. The molecule has 1 aromatic carbocycles. The molecule has 6 nitrogen and oxygen atoms in total. The summed E-state index contributed by atoms with van der Waals surface area (Å²) in [5, 5.41) is 9.28. The molecule has 0 aliphatic carbocycles. The van der Waals surface area contributed by atoms with E-state index in [1.807, 2.05) is 0 Å². The van der Waals surface area contributed by atoms with Gasteiger partial charge in [-0.2, -0.15) is 0 Å². The maximum absolute atomic E-state index is 8.77. The lowest BCUT2D eigenvalue weighted by Crippen LogP contribution is -1.94. The van der Waals surface area contributed by atoms with Gasteiger partial charge in [0.25, 0.3) is 7.82 Å². The second-order valence-electron chi connectivity index (χ2n) is 2.31. The smallest absolute Gasteiger partial charge is 0.404 e. The van der Waals surface area contributed by atoms with E-state index in [1.165, 1.54) is 12.1 Å². The molecule has 2 N–H and O–H groups in total. The lowest BCUT2D eigenvalue weighted by Gasteiger charge is -2.01. The highest BCUT2D eigenvalue weighted by atomic mass is 35.5. The molecule has 0 saturated carbocycles. The van der Waals surface area contributed by atoms with Crippen LogP contribution in [-0.4, -0.2) is 9.79 Å². The van der Waals surface area contributed by atoms with Gasteiger partial charge >= 0.3 is 5.69 Å². The number of diazo groups is 1. The Labute approximate surface area is 105 Å². The van der Waals surface area contributed by atoms with Crippen molar-refractivity contribution in [2.24, 2.45) is 0 Å². The van der Waals surface area contributed by atoms with E-state index in [4.69, 9.17) is 59.4 Å². The first-order valence-corrected chi connectivity index (χ1v) is 6.07. The van der Waals surface area contributed by atoms with Crippen molar-refractivity contribution in [3.05, 3.63) is 32.2 Å². The zero-order valence-corrected chi connectivity index (χ0v) is 10.5. The number of nitrogens with zero attached hydrogens (tertiary/aromatic N) is 2. The van der Waals surface area contributed by atoms with E-state index in [0.717, 1.165) is 0 Å². The molecule has 0 saturated heterocycles. The predicted octanol–water partition coefficient (Wildman–Crippen LogP) is 2.57. The molecule has 10 heteroatoms. The maximum atomic E-state index is 8.77. The molecule has 0 atom stereocenters. The van der Waals surface area contributed by atoms with E-state index in [9.17, 15) is 0 Å². The molecule has 1 aromatic rings. The van der Waals surface area contributed by atoms with Gasteiger partial charge in [-0.05, 0) is 6.07 Å². The fraction of sp³-hybridized carbons (Fsp3) is 0. The molecular weight excluding hydrogens is 301 g/mol. The first-order valence-electron chi connectivity index (χ1n) is 3.41. The van der Waals surface area contributed by atoms with Crippen LogP contribution in [0.4, 0.5) is 5.69 Å². The van der Waals surface area contributed by atoms with Crippen LogP contribution in [0.5, 0.6) is 0 Å². The lowest BCUT2D eigenvalue weighted by molar-refractivity contribution is -0.214. The lowest BCUT2D eigenvalue weighted by atomic mass is 10.3. The van der Waals surface area contributed by atoms with Crippen LogP contribution in [0.3, 0.4) is 0 Å². The van der Waals surface area contributed by atoms with Gasteiger partial charge in [0, 0.05) is 0 Å². The first-order chi connectivity index (χ1) is 7.15. The van der Waals surface area contributed by atoms with Crippen molar-refractivity contribution in [2.45, 2.75) is 0 Å². The van der Waals surface area contributed by atoms with Crippen LogP contribution < -0.4 is 4.89 Å². The van der Waals surface area contributed by atoms with E-state index in [1.54, 1.807) is 0 Å². The number of rotatable bonds is 0. The topological polar surface area (TPSA) is 109 Å². The summed E-state index contributed by atoms with van der Waals surface area (Å²) in [4.78, 5) is 25.8. The normalized spacial score (nSPS) is 10.1. The van der Waals surface area contributed by atoms with Gasteiger partial charge in [0.2, 0.25) is 5.39 Å². The van der Waals surface area contributed by atoms with Gasteiger partial charge in [-0.25, -0.2) is 0 Å². The molecular formula is C6H4Cl3N2O4P. The number of halogens is 3. The Kier molecular flexibility index (Phi) is 6.23. The van der Waals surface area contributed by atoms with Crippen molar-refractivity contribution in [3.8, 4) is 0 Å². The summed E-state index contributed by atoms with van der Waals surface area (Å²) in [6.45, 7) is 0. The average Bonchev–Trinajstić information content (AvgIpc) is 2.08. The van der Waals surface area contributed by atoms with Crippen molar-refractivity contribution in [2.75, 3.05) is 0 Å². The Morgan fingerprint density at radius 3 is 1.94 bits per heavy atom. The van der Waals surface area contributed by atoms with Crippen LogP contribution >= 0.6 is 42.6 Å². The Morgan fingerprint density at radius 2 is 1.56 bits per heavy atom. The van der Waals surface area contributed by atoms with Crippen LogP contribution in [0.1, 0.15) is 0 Å². The summed E-state index contributed by atoms with van der Waals surface area (Å²) in [5.74, 6) is 0. The Morgan fingerprint density at radius 1 is 1.19 bits per heavy atom. The largest absolute Gasteiger partial charge is 0.756 e. The minimum absolute atomic E-state index is 0.209. The summed E-state index contributed by atoms with van der Waals surface area (Å²) in [7, 11) is -4.89. The summed E-state index contributed by atoms with van der Waals surface area (Å²) in [5.41, 5.74) is 0.209. The summed E-state index contributed by atoms with van der Waals surface area (Å²) < 4.78 is 8.77. The molecule has 0 unspecified atom stereocenters. The molecule has 0 spiro atoms. The van der Waals surface area contributed by atoms with Crippen molar-refractivity contribution in [1.29, 1.82) is 5.39 Å². The van der Waals surface area contributed by atoms with Gasteiger partial charge in [-0.1, -0.05) is 34.8 Å². The molecule has 0 amide bonds. The van der Waals surface area contributed by atoms with E-state index in [0.29, 0.717) is 10.0 Å². The number of hydrogen-bond donors (Lipinski definition) is 2. The molecule has 0 heterocycles. The summed E-state index contributed by atoms with van der Waals surface area (Å²) >= 11 is 16.8. The van der Waals surface area contributed by atoms with E-state index in [2.05, 4.69) is 4.98 Å². The fourth-order valence-electron chi connectivity index (χ4n) is 0.589. The molecule has 0 radical (unpaired) electrons. The molecule has 0 fully saturated rings. The highest BCUT2D eigenvalue weighted by Gasteiger charge is 2.14. The minimum atomic E-state index is -4.89. The molecule has 1 rings (SSSR count). The van der Waals surface area contributed by atoms with Gasteiger partial charge < -0.3 is 14.7 Å². The van der Waals surface area contributed by atoms with Crippen molar-refractivity contribution >= 4 is 48.3 Å². The van der Waals surface area contributed by atoms with E-state index >= 15 is 0 Å². The SMILES string of the molecule is N#[N+]c1cc(Cl)c(Cl)cc1Cl.O=P([O-])(O)O. The van der Waals surface area contributed by atoms with Crippen molar-refractivity contribution in [1.82, 2.24) is 0 Å². The first kappa shape index (κ1) is 15.6. The van der Waals surface area contributed by atoms with Crippen LogP contribution in [-0.2, 0) is 4.57 Å². The van der Waals surface area contributed by atoms with Crippen molar-refractivity contribution in [3.63, 3.8) is 0 Å². The number of hydrogen-bond acceptors (Lipinski definition) is 3. The highest BCUT2D eigenvalue weighted by Crippen LogP contribution is 2.33. The van der Waals surface area contributed by atoms with E-state index < -0.39 is 7.82 Å². The number of phosphoric acid groups is 1. The van der Waals surface area contributed by atoms with Gasteiger partial charge in [-0.15, -0.1) is 0 Å². The third-order valence-corrected chi connectivity index (χ3v) is 2.12. The van der Waals surface area contributed by atoms with Crippen molar-refractivity contribution < 1.29 is 19.2 Å². The third kappa shape index (κ3) is 6.99.